The van der Waals surface area contributed by atoms with Gasteiger partial charge in [-0.15, -0.1) is 0 Å². The van der Waals surface area contributed by atoms with Gasteiger partial charge in [-0.05, 0) is 36.3 Å². The molecule has 2 aliphatic rings. The van der Waals surface area contributed by atoms with Gasteiger partial charge in [0.25, 0.3) is 0 Å². The first kappa shape index (κ1) is 12.2. The monoisotopic (exact) mass is 307 g/mol. The number of hydrogen-bond acceptors (Lipinski definition) is 1. The standard InChI is InChI=1S/C15H18BrNO/c16-10-11-5-7-17(8-6-11)15(18)14-9-12-3-1-2-4-13(12)14/h1-4,11,14H,5-10H2. The molecule has 1 unspecified atom stereocenters. The lowest BCUT2D eigenvalue weighted by Crippen LogP contribution is -2.43. The molecule has 1 heterocycles. The number of hydrogen-bond donors (Lipinski definition) is 0. The van der Waals surface area contributed by atoms with Gasteiger partial charge in [-0.25, -0.2) is 0 Å². The smallest absolute Gasteiger partial charge is 0.230 e. The van der Waals surface area contributed by atoms with Gasteiger partial charge in [-0.3, -0.25) is 4.79 Å². The van der Waals surface area contributed by atoms with Crippen molar-refractivity contribution in [2.24, 2.45) is 5.92 Å². The molecule has 1 atom stereocenters. The summed E-state index contributed by atoms with van der Waals surface area (Å²) in [6, 6.07) is 8.33. The Morgan fingerprint density at radius 3 is 2.67 bits per heavy atom. The summed E-state index contributed by atoms with van der Waals surface area (Å²) < 4.78 is 0. The number of benzene rings is 1. The van der Waals surface area contributed by atoms with Crippen LogP contribution in [0.25, 0.3) is 0 Å². The van der Waals surface area contributed by atoms with E-state index in [9.17, 15) is 4.79 Å². The number of amides is 1. The van der Waals surface area contributed by atoms with Crippen molar-refractivity contribution < 1.29 is 4.79 Å². The van der Waals surface area contributed by atoms with Crippen LogP contribution in [0.2, 0.25) is 0 Å². The third-order valence-corrected chi connectivity index (χ3v) is 5.21. The molecule has 1 aliphatic heterocycles. The molecule has 1 saturated heterocycles. The Bertz CT molecular complexity index is 452. The normalized spacial score (nSPS) is 23.4. The van der Waals surface area contributed by atoms with Gasteiger partial charge in [-0.1, -0.05) is 40.2 Å². The van der Waals surface area contributed by atoms with E-state index in [1.165, 1.54) is 11.1 Å². The van der Waals surface area contributed by atoms with Gasteiger partial charge >= 0.3 is 0 Å². The van der Waals surface area contributed by atoms with Crippen LogP contribution in [-0.4, -0.2) is 29.2 Å². The van der Waals surface area contributed by atoms with Crippen molar-refractivity contribution in [1.29, 1.82) is 0 Å². The molecule has 0 N–H and O–H groups in total. The predicted molar refractivity (Wildman–Crippen MR) is 76.0 cm³/mol. The van der Waals surface area contributed by atoms with Gasteiger partial charge in [0.1, 0.15) is 0 Å². The Morgan fingerprint density at radius 2 is 2.00 bits per heavy atom. The molecule has 0 aromatic heterocycles. The maximum absolute atomic E-state index is 12.5. The number of carbonyl (C=O) groups is 1. The molecule has 3 rings (SSSR count). The first-order valence-corrected chi connectivity index (χ1v) is 7.84. The lowest BCUT2D eigenvalue weighted by molar-refractivity contribution is -0.134. The molecular formula is C15H18BrNO. The Morgan fingerprint density at radius 1 is 1.28 bits per heavy atom. The van der Waals surface area contributed by atoms with Crippen LogP contribution in [0.15, 0.2) is 24.3 Å². The summed E-state index contributed by atoms with van der Waals surface area (Å²) in [5, 5.41) is 1.07. The number of fused-ring (bicyclic) bond motifs is 1. The van der Waals surface area contributed by atoms with Crippen LogP contribution in [0, 0.1) is 5.92 Å². The number of nitrogens with zero attached hydrogens (tertiary/aromatic N) is 1. The first-order chi connectivity index (χ1) is 8.79. The number of likely N-dealkylation sites (tertiary alicyclic amines) is 1. The third kappa shape index (κ3) is 2.09. The second kappa shape index (κ2) is 5.04. The van der Waals surface area contributed by atoms with E-state index in [4.69, 9.17) is 0 Å². The highest BCUT2D eigenvalue weighted by atomic mass is 79.9. The molecule has 1 aliphatic carbocycles. The minimum atomic E-state index is 0.140. The van der Waals surface area contributed by atoms with Gasteiger partial charge in [0.05, 0.1) is 5.92 Å². The van der Waals surface area contributed by atoms with E-state index >= 15 is 0 Å². The average molecular weight is 308 g/mol. The molecular weight excluding hydrogens is 290 g/mol. The highest BCUT2D eigenvalue weighted by Crippen LogP contribution is 2.36. The fourth-order valence-corrected chi connectivity index (χ4v) is 3.65. The van der Waals surface area contributed by atoms with Crippen molar-refractivity contribution in [1.82, 2.24) is 4.90 Å². The summed E-state index contributed by atoms with van der Waals surface area (Å²) in [6.45, 7) is 1.88. The maximum atomic E-state index is 12.5. The summed E-state index contributed by atoms with van der Waals surface area (Å²) in [6.07, 6.45) is 3.23. The van der Waals surface area contributed by atoms with Crippen molar-refractivity contribution in [3.05, 3.63) is 35.4 Å². The molecule has 1 amide bonds. The zero-order chi connectivity index (χ0) is 12.5. The minimum Gasteiger partial charge on any atom is -0.342 e. The fourth-order valence-electron chi connectivity index (χ4n) is 3.01. The Kier molecular flexibility index (Phi) is 3.42. The first-order valence-electron chi connectivity index (χ1n) is 6.72. The van der Waals surface area contributed by atoms with Crippen LogP contribution in [0.4, 0.5) is 0 Å². The summed E-state index contributed by atoms with van der Waals surface area (Å²) in [7, 11) is 0. The Hall–Kier alpha value is -0.830. The van der Waals surface area contributed by atoms with E-state index in [2.05, 4.69) is 39.0 Å². The Labute approximate surface area is 116 Å². The summed E-state index contributed by atoms with van der Waals surface area (Å²) in [5.74, 6) is 1.24. The van der Waals surface area contributed by atoms with Gasteiger partial charge in [-0.2, -0.15) is 0 Å². The number of halogens is 1. The van der Waals surface area contributed by atoms with E-state index in [0.29, 0.717) is 5.91 Å². The summed E-state index contributed by atoms with van der Waals surface area (Å²) >= 11 is 3.54. The predicted octanol–water partition coefficient (Wildman–Crippen LogP) is 2.96. The topological polar surface area (TPSA) is 20.3 Å². The molecule has 1 fully saturated rings. The highest BCUT2D eigenvalue weighted by Gasteiger charge is 2.35. The van der Waals surface area contributed by atoms with Gasteiger partial charge in [0.15, 0.2) is 0 Å². The van der Waals surface area contributed by atoms with Crippen LogP contribution < -0.4 is 0 Å². The molecule has 1 aromatic carbocycles. The minimum absolute atomic E-state index is 0.140. The van der Waals surface area contributed by atoms with Crippen molar-refractivity contribution in [2.75, 3.05) is 18.4 Å². The molecule has 96 valence electrons. The van der Waals surface area contributed by atoms with Gasteiger partial charge in [0.2, 0.25) is 5.91 Å². The lowest BCUT2D eigenvalue weighted by atomic mass is 9.76. The second-order valence-corrected chi connectivity index (χ2v) is 6.03. The zero-order valence-corrected chi connectivity index (χ0v) is 12.0. The summed E-state index contributed by atoms with van der Waals surface area (Å²) in [5.41, 5.74) is 2.61. The number of piperidine rings is 1. The SMILES string of the molecule is O=C(C1Cc2ccccc21)N1CCC(CBr)CC1. The van der Waals surface area contributed by atoms with Crippen molar-refractivity contribution in [2.45, 2.75) is 25.2 Å². The summed E-state index contributed by atoms with van der Waals surface area (Å²) in [4.78, 5) is 14.5. The fraction of sp³-hybridized carbons (Fsp3) is 0.533. The maximum Gasteiger partial charge on any atom is 0.230 e. The average Bonchev–Trinajstić information content (AvgIpc) is 2.40. The van der Waals surface area contributed by atoms with E-state index in [1.807, 2.05) is 6.07 Å². The van der Waals surface area contributed by atoms with Gasteiger partial charge in [0, 0.05) is 18.4 Å². The van der Waals surface area contributed by atoms with E-state index in [1.54, 1.807) is 0 Å². The zero-order valence-electron chi connectivity index (χ0n) is 10.4. The van der Waals surface area contributed by atoms with Gasteiger partial charge < -0.3 is 4.90 Å². The molecule has 18 heavy (non-hydrogen) atoms. The van der Waals surface area contributed by atoms with E-state index < -0.39 is 0 Å². The van der Waals surface area contributed by atoms with E-state index in [0.717, 1.165) is 43.6 Å². The molecule has 0 saturated carbocycles. The highest BCUT2D eigenvalue weighted by molar-refractivity contribution is 9.09. The van der Waals surface area contributed by atoms with Crippen LogP contribution in [0.3, 0.4) is 0 Å². The molecule has 3 heteroatoms. The van der Waals surface area contributed by atoms with Crippen LogP contribution in [0.1, 0.15) is 29.9 Å². The molecule has 0 bridgehead atoms. The van der Waals surface area contributed by atoms with E-state index in [-0.39, 0.29) is 5.92 Å². The van der Waals surface area contributed by atoms with Crippen molar-refractivity contribution in [3.63, 3.8) is 0 Å². The third-order valence-electron chi connectivity index (χ3n) is 4.30. The lowest BCUT2D eigenvalue weighted by Gasteiger charge is -2.37. The molecule has 2 nitrogen and oxygen atoms in total. The number of carbonyl (C=O) groups excluding carboxylic acids is 1. The quantitative estimate of drug-likeness (QED) is 0.769. The number of rotatable bonds is 2. The van der Waals surface area contributed by atoms with Crippen molar-refractivity contribution >= 4 is 21.8 Å². The molecule has 1 aromatic rings. The number of alkyl halides is 1. The molecule has 0 radical (unpaired) electrons. The largest absolute Gasteiger partial charge is 0.342 e. The van der Waals surface area contributed by atoms with Crippen molar-refractivity contribution in [3.8, 4) is 0 Å². The second-order valence-electron chi connectivity index (χ2n) is 5.38. The molecule has 0 spiro atoms. The van der Waals surface area contributed by atoms with Crippen LogP contribution in [-0.2, 0) is 11.2 Å². The van der Waals surface area contributed by atoms with Crippen LogP contribution in [0.5, 0.6) is 0 Å². The van der Waals surface area contributed by atoms with Crippen LogP contribution >= 0.6 is 15.9 Å². The Balaban J connectivity index is 1.64.